The van der Waals surface area contributed by atoms with Gasteiger partial charge in [-0.1, -0.05) is 38.5 Å². The van der Waals surface area contributed by atoms with E-state index in [9.17, 15) is 0 Å². The first-order valence-electron chi connectivity index (χ1n) is 7.37. The fourth-order valence-corrected chi connectivity index (χ4v) is 7.65. The summed E-state index contributed by atoms with van der Waals surface area (Å²) >= 11 is 0. The van der Waals surface area contributed by atoms with E-state index in [0.29, 0.717) is 0 Å². The predicted molar refractivity (Wildman–Crippen MR) is 75.3 cm³/mol. The molecule has 2 aliphatic rings. The zero-order valence-electron chi connectivity index (χ0n) is 11.2. The Kier molecular flexibility index (Phi) is 5.14. The van der Waals surface area contributed by atoms with Gasteiger partial charge in [-0.05, 0) is 37.0 Å². The van der Waals surface area contributed by atoms with Crippen molar-refractivity contribution in [2.24, 2.45) is 0 Å². The molecule has 0 aliphatic heterocycles. The minimum Gasteiger partial charge on any atom is -0.293 e. The summed E-state index contributed by atoms with van der Waals surface area (Å²) < 4.78 is 0. The minimum absolute atomic E-state index is 0.261. The Morgan fingerprint density at radius 3 is 1.38 bits per heavy atom. The fraction of sp³-hybridized carbons (Fsp3) is 0.933. The molecule has 0 saturated heterocycles. The van der Waals surface area contributed by atoms with Crippen LogP contribution in [0, 0.1) is 5.66 Å². The van der Waals surface area contributed by atoms with Gasteiger partial charge in [0.15, 0.2) is 0 Å². The molecule has 0 N–H and O–H groups in total. The summed E-state index contributed by atoms with van der Waals surface area (Å²) in [5.41, 5.74) is 4.02. The van der Waals surface area contributed by atoms with Crippen molar-refractivity contribution >= 4 is 7.92 Å². The van der Waals surface area contributed by atoms with Gasteiger partial charge in [-0.2, -0.15) is 13.8 Å². The van der Waals surface area contributed by atoms with Gasteiger partial charge in [-0.15, -0.1) is 0 Å². The van der Waals surface area contributed by atoms with E-state index in [0.717, 1.165) is 11.3 Å². The van der Waals surface area contributed by atoms with E-state index in [1.54, 1.807) is 31.3 Å². The lowest BCUT2D eigenvalue weighted by Crippen LogP contribution is -2.22. The average molecular weight is 239 g/mol. The molecular weight excluding hydrogens is 211 g/mol. The largest absolute Gasteiger partial charge is 0.293 e. The van der Waals surface area contributed by atoms with Gasteiger partial charge in [0.05, 0.1) is 0 Å². The molecule has 0 aromatic rings. The van der Waals surface area contributed by atoms with E-state index in [1.165, 1.54) is 38.5 Å². The monoisotopic (exact) mass is 239 g/mol. The van der Waals surface area contributed by atoms with Gasteiger partial charge >= 0.3 is 0 Å². The normalized spacial score (nSPS) is 25.5. The number of hydrogen-bond donors (Lipinski definition) is 0. The molecule has 1 heteroatoms. The van der Waals surface area contributed by atoms with Crippen LogP contribution < -0.4 is 0 Å². The van der Waals surface area contributed by atoms with Crippen molar-refractivity contribution in [3.63, 3.8) is 0 Å². The molecule has 0 spiro atoms. The second-order valence-electron chi connectivity index (χ2n) is 5.94. The van der Waals surface area contributed by atoms with Crippen LogP contribution in [0.15, 0.2) is 0 Å². The van der Waals surface area contributed by atoms with Gasteiger partial charge < -0.3 is 0 Å². The van der Waals surface area contributed by atoms with Crippen molar-refractivity contribution in [1.29, 1.82) is 0 Å². The van der Waals surface area contributed by atoms with Gasteiger partial charge in [-0.25, -0.2) is 0 Å². The van der Waals surface area contributed by atoms with Crippen LogP contribution in [0.5, 0.6) is 0 Å². The molecule has 2 fully saturated rings. The van der Waals surface area contributed by atoms with Crippen molar-refractivity contribution in [1.82, 2.24) is 0 Å². The highest BCUT2D eigenvalue weighted by Crippen LogP contribution is 2.61. The summed E-state index contributed by atoms with van der Waals surface area (Å²) in [5, 5.41) is 0. The molecular formula is C15H28P-. The highest BCUT2D eigenvalue weighted by molar-refractivity contribution is 7.62. The van der Waals surface area contributed by atoms with Crippen LogP contribution >= 0.6 is 7.92 Å². The molecule has 0 bridgehead atoms. The maximum Gasteiger partial charge on any atom is -0.0486 e. The highest BCUT2D eigenvalue weighted by Gasteiger charge is 2.26. The first kappa shape index (κ1) is 12.9. The summed E-state index contributed by atoms with van der Waals surface area (Å²) in [4.78, 5) is 0. The van der Waals surface area contributed by atoms with Crippen molar-refractivity contribution in [2.45, 2.75) is 89.4 Å². The third-order valence-electron chi connectivity index (χ3n) is 4.45. The van der Waals surface area contributed by atoms with Gasteiger partial charge in [0.25, 0.3) is 0 Å². The fourth-order valence-electron chi connectivity index (χ4n) is 3.75. The molecule has 2 aliphatic carbocycles. The molecule has 0 unspecified atom stereocenters. The van der Waals surface area contributed by atoms with E-state index < -0.39 is 0 Å². The first-order valence-corrected chi connectivity index (χ1v) is 8.85. The van der Waals surface area contributed by atoms with Crippen LogP contribution in [0.1, 0.15) is 78.1 Å². The molecule has 0 amide bonds. The van der Waals surface area contributed by atoms with Gasteiger partial charge in [0.1, 0.15) is 0 Å². The van der Waals surface area contributed by atoms with Crippen molar-refractivity contribution < 1.29 is 0 Å². The van der Waals surface area contributed by atoms with Crippen LogP contribution in [-0.4, -0.2) is 11.3 Å². The molecule has 0 aromatic heterocycles. The Morgan fingerprint density at radius 2 is 1.06 bits per heavy atom. The summed E-state index contributed by atoms with van der Waals surface area (Å²) in [6.45, 7) is 4.85. The SMILES string of the molecule is C[C-](C)P(C1CCCCC1)C1CCCCC1. The Morgan fingerprint density at radius 1 is 0.688 bits per heavy atom. The summed E-state index contributed by atoms with van der Waals surface area (Å²) in [6, 6.07) is 0. The maximum absolute atomic E-state index is 2.43. The lowest BCUT2D eigenvalue weighted by Gasteiger charge is -2.49. The van der Waals surface area contributed by atoms with E-state index >= 15 is 0 Å². The van der Waals surface area contributed by atoms with Crippen molar-refractivity contribution in [3.05, 3.63) is 5.66 Å². The van der Waals surface area contributed by atoms with Crippen LogP contribution in [0.2, 0.25) is 0 Å². The Labute approximate surface area is 103 Å². The van der Waals surface area contributed by atoms with E-state index in [2.05, 4.69) is 13.8 Å². The van der Waals surface area contributed by atoms with Crippen LogP contribution in [-0.2, 0) is 0 Å². The van der Waals surface area contributed by atoms with Crippen molar-refractivity contribution in [2.75, 3.05) is 0 Å². The molecule has 2 saturated carbocycles. The van der Waals surface area contributed by atoms with Gasteiger partial charge in [0, 0.05) is 0 Å². The molecule has 0 atom stereocenters. The Bertz CT molecular complexity index is 170. The standard InChI is InChI=1S/C15H28P/c1-13(2)16(14-9-5-3-6-10-14)15-11-7-4-8-12-15/h14-15H,3-12H2,1-2H3/q-1. The Hall–Kier alpha value is 0.430. The van der Waals surface area contributed by atoms with Gasteiger partial charge in [-0.3, -0.25) is 13.6 Å². The second-order valence-corrected chi connectivity index (χ2v) is 9.11. The third kappa shape index (κ3) is 3.22. The first-order chi connectivity index (χ1) is 7.79. The lowest BCUT2D eigenvalue weighted by atomic mass is 9.99. The van der Waals surface area contributed by atoms with Crippen LogP contribution in [0.4, 0.5) is 0 Å². The summed E-state index contributed by atoms with van der Waals surface area (Å²) in [5.74, 6) is 0. The number of rotatable bonds is 3. The smallest absolute Gasteiger partial charge is 0.0486 e. The van der Waals surface area contributed by atoms with Crippen LogP contribution in [0.3, 0.4) is 0 Å². The summed E-state index contributed by atoms with van der Waals surface area (Å²) in [7, 11) is 0.261. The zero-order valence-corrected chi connectivity index (χ0v) is 12.1. The molecule has 0 radical (unpaired) electrons. The molecule has 16 heavy (non-hydrogen) atoms. The van der Waals surface area contributed by atoms with Gasteiger partial charge in [0.2, 0.25) is 0 Å². The molecule has 94 valence electrons. The lowest BCUT2D eigenvalue weighted by molar-refractivity contribution is 0.484. The van der Waals surface area contributed by atoms with E-state index in [4.69, 9.17) is 0 Å². The maximum atomic E-state index is 2.43. The van der Waals surface area contributed by atoms with E-state index in [-0.39, 0.29) is 7.92 Å². The van der Waals surface area contributed by atoms with Crippen LogP contribution in [0.25, 0.3) is 0 Å². The number of hydrogen-bond acceptors (Lipinski definition) is 0. The zero-order chi connectivity index (χ0) is 11.4. The molecule has 0 aromatic carbocycles. The van der Waals surface area contributed by atoms with E-state index in [1.807, 2.05) is 0 Å². The highest BCUT2D eigenvalue weighted by atomic mass is 31.1. The average Bonchev–Trinajstić information content (AvgIpc) is 2.31. The van der Waals surface area contributed by atoms with Crippen molar-refractivity contribution in [3.8, 4) is 0 Å². The molecule has 2 rings (SSSR count). The minimum atomic E-state index is 0.261. The third-order valence-corrected chi connectivity index (χ3v) is 8.09. The summed E-state index contributed by atoms with van der Waals surface area (Å²) in [6.07, 6.45) is 15.3. The molecule has 0 nitrogen and oxygen atoms in total. The second kappa shape index (κ2) is 6.39. The predicted octanol–water partition coefficient (Wildman–Crippen LogP) is 5.71. The topological polar surface area (TPSA) is 0 Å². The Balaban J connectivity index is 1.96. The molecule has 0 heterocycles. The quantitative estimate of drug-likeness (QED) is 0.437.